The van der Waals surface area contributed by atoms with E-state index >= 15 is 0 Å². The van der Waals surface area contributed by atoms with E-state index in [1.807, 2.05) is 42.2 Å². The lowest BCUT2D eigenvalue weighted by atomic mass is 10.2. The standard InChI is InChI=1S/C20H21N3O3/c1-15-18(26-19(21-15)16-6-3-2-4-7-16)14-22-9-11-23(12-10-22)20(24)17-8-5-13-25-17/h2-8,13H,9-12,14H2,1H3. The van der Waals surface area contributed by atoms with Crippen molar-refractivity contribution in [3.63, 3.8) is 0 Å². The summed E-state index contributed by atoms with van der Waals surface area (Å²) in [5.74, 6) is 1.90. The maximum absolute atomic E-state index is 12.3. The van der Waals surface area contributed by atoms with Crippen molar-refractivity contribution in [3.05, 3.63) is 65.9 Å². The minimum Gasteiger partial charge on any atom is -0.459 e. The fourth-order valence-electron chi connectivity index (χ4n) is 3.15. The first-order valence-electron chi connectivity index (χ1n) is 8.77. The zero-order valence-corrected chi connectivity index (χ0v) is 14.7. The topological polar surface area (TPSA) is 62.7 Å². The second-order valence-electron chi connectivity index (χ2n) is 6.44. The molecule has 0 saturated carbocycles. The predicted molar refractivity (Wildman–Crippen MR) is 96.6 cm³/mol. The van der Waals surface area contributed by atoms with E-state index in [1.165, 1.54) is 6.26 Å². The fraction of sp³-hybridized carbons (Fsp3) is 0.300. The number of nitrogens with zero attached hydrogens (tertiary/aromatic N) is 3. The van der Waals surface area contributed by atoms with Crippen LogP contribution < -0.4 is 0 Å². The molecule has 0 aliphatic carbocycles. The number of aryl methyl sites for hydroxylation is 1. The predicted octanol–water partition coefficient (Wildman–Crippen LogP) is 3.20. The number of hydrogen-bond acceptors (Lipinski definition) is 5. The third-order valence-corrected chi connectivity index (χ3v) is 4.67. The second kappa shape index (κ2) is 7.17. The smallest absolute Gasteiger partial charge is 0.289 e. The van der Waals surface area contributed by atoms with E-state index in [0.29, 0.717) is 31.3 Å². The van der Waals surface area contributed by atoms with Crippen LogP contribution in [0, 0.1) is 6.92 Å². The van der Waals surface area contributed by atoms with E-state index in [-0.39, 0.29) is 5.91 Å². The fourth-order valence-corrected chi connectivity index (χ4v) is 3.15. The van der Waals surface area contributed by atoms with E-state index in [9.17, 15) is 4.79 Å². The highest BCUT2D eigenvalue weighted by molar-refractivity contribution is 5.91. The molecule has 0 bridgehead atoms. The maximum Gasteiger partial charge on any atom is 0.289 e. The number of hydrogen-bond donors (Lipinski definition) is 0. The minimum absolute atomic E-state index is 0.0446. The van der Waals surface area contributed by atoms with Gasteiger partial charge in [0, 0.05) is 31.7 Å². The molecule has 0 atom stereocenters. The summed E-state index contributed by atoms with van der Waals surface area (Å²) in [5.41, 5.74) is 1.90. The first-order chi connectivity index (χ1) is 12.7. The summed E-state index contributed by atoms with van der Waals surface area (Å²) in [7, 11) is 0. The lowest BCUT2D eigenvalue weighted by Gasteiger charge is -2.33. The number of carbonyl (C=O) groups is 1. The lowest BCUT2D eigenvalue weighted by Crippen LogP contribution is -2.48. The molecule has 0 unspecified atom stereocenters. The molecular formula is C20H21N3O3. The molecule has 1 aliphatic rings. The molecule has 26 heavy (non-hydrogen) atoms. The van der Waals surface area contributed by atoms with Gasteiger partial charge in [-0.3, -0.25) is 9.69 Å². The molecule has 1 fully saturated rings. The molecule has 0 radical (unpaired) electrons. The van der Waals surface area contributed by atoms with E-state index in [0.717, 1.165) is 30.1 Å². The summed E-state index contributed by atoms with van der Waals surface area (Å²) in [6.07, 6.45) is 1.53. The van der Waals surface area contributed by atoms with E-state index in [1.54, 1.807) is 12.1 Å². The number of amides is 1. The molecular weight excluding hydrogens is 330 g/mol. The molecule has 0 N–H and O–H groups in total. The molecule has 3 aromatic rings. The number of furan rings is 1. The highest BCUT2D eigenvalue weighted by Gasteiger charge is 2.25. The van der Waals surface area contributed by atoms with E-state index in [2.05, 4.69) is 9.88 Å². The molecule has 6 heteroatoms. The number of aromatic nitrogens is 1. The number of piperazine rings is 1. The van der Waals surface area contributed by atoms with Gasteiger partial charge in [0.2, 0.25) is 5.89 Å². The van der Waals surface area contributed by atoms with Crippen LogP contribution in [0.5, 0.6) is 0 Å². The third-order valence-electron chi connectivity index (χ3n) is 4.67. The van der Waals surface area contributed by atoms with E-state index in [4.69, 9.17) is 8.83 Å². The first kappa shape index (κ1) is 16.6. The largest absolute Gasteiger partial charge is 0.459 e. The molecule has 134 valence electrons. The summed E-state index contributed by atoms with van der Waals surface area (Å²) in [5, 5.41) is 0. The maximum atomic E-state index is 12.3. The Hall–Kier alpha value is -2.86. The molecule has 0 spiro atoms. The normalized spacial score (nSPS) is 15.3. The van der Waals surface area contributed by atoms with Gasteiger partial charge in [0.15, 0.2) is 5.76 Å². The van der Waals surface area contributed by atoms with Crippen molar-refractivity contribution in [3.8, 4) is 11.5 Å². The van der Waals surface area contributed by atoms with Crippen molar-refractivity contribution >= 4 is 5.91 Å². The van der Waals surface area contributed by atoms with Crippen molar-refractivity contribution in [2.75, 3.05) is 26.2 Å². The van der Waals surface area contributed by atoms with Gasteiger partial charge in [-0.15, -0.1) is 0 Å². The van der Waals surface area contributed by atoms with Crippen LogP contribution in [-0.4, -0.2) is 46.9 Å². The van der Waals surface area contributed by atoms with Crippen LogP contribution in [-0.2, 0) is 6.54 Å². The summed E-state index contributed by atoms with van der Waals surface area (Å²) < 4.78 is 11.2. The Morgan fingerprint density at radius 2 is 1.85 bits per heavy atom. The molecule has 3 heterocycles. The van der Waals surface area contributed by atoms with Crippen LogP contribution in [0.4, 0.5) is 0 Å². The zero-order chi connectivity index (χ0) is 17.9. The highest BCUT2D eigenvalue weighted by Crippen LogP contribution is 2.23. The molecule has 2 aromatic heterocycles. The Balaban J connectivity index is 1.38. The number of carbonyl (C=O) groups excluding carboxylic acids is 1. The molecule has 1 amide bonds. The van der Waals surface area contributed by atoms with Crippen molar-refractivity contribution in [2.24, 2.45) is 0 Å². The van der Waals surface area contributed by atoms with Gasteiger partial charge in [0.1, 0.15) is 5.76 Å². The average Bonchev–Trinajstić information content (AvgIpc) is 3.33. The molecule has 1 aromatic carbocycles. The van der Waals surface area contributed by atoms with Gasteiger partial charge in [0.05, 0.1) is 18.5 Å². The first-order valence-corrected chi connectivity index (χ1v) is 8.77. The summed E-state index contributed by atoms with van der Waals surface area (Å²) >= 11 is 0. The van der Waals surface area contributed by atoms with Gasteiger partial charge in [-0.25, -0.2) is 4.98 Å². The quantitative estimate of drug-likeness (QED) is 0.722. The highest BCUT2D eigenvalue weighted by atomic mass is 16.4. The Bertz CT molecular complexity index is 863. The average molecular weight is 351 g/mol. The van der Waals surface area contributed by atoms with Crippen LogP contribution in [0.1, 0.15) is 22.0 Å². The Morgan fingerprint density at radius 1 is 1.08 bits per heavy atom. The van der Waals surface area contributed by atoms with Crippen LogP contribution in [0.15, 0.2) is 57.6 Å². The van der Waals surface area contributed by atoms with Crippen molar-refractivity contribution in [2.45, 2.75) is 13.5 Å². The summed E-state index contributed by atoms with van der Waals surface area (Å²) in [6.45, 7) is 5.63. The summed E-state index contributed by atoms with van der Waals surface area (Å²) in [6, 6.07) is 13.4. The van der Waals surface area contributed by atoms with E-state index < -0.39 is 0 Å². The van der Waals surface area contributed by atoms with Gasteiger partial charge >= 0.3 is 0 Å². The van der Waals surface area contributed by atoms with Gasteiger partial charge in [-0.2, -0.15) is 0 Å². The number of oxazole rings is 1. The van der Waals surface area contributed by atoms with Crippen LogP contribution in [0.25, 0.3) is 11.5 Å². The minimum atomic E-state index is -0.0446. The van der Waals surface area contributed by atoms with Gasteiger partial charge in [-0.05, 0) is 31.2 Å². The number of rotatable bonds is 4. The van der Waals surface area contributed by atoms with Gasteiger partial charge in [0.25, 0.3) is 5.91 Å². The summed E-state index contributed by atoms with van der Waals surface area (Å²) in [4.78, 5) is 21.0. The SMILES string of the molecule is Cc1nc(-c2ccccc2)oc1CN1CCN(C(=O)c2ccco2)CC1. The zero-order valence-electron chi connectivity index (χ0n) is 14.7. The van der Waals surface area contributed by atoms with Crippen molar-refractivity contribution < 1.29 is 13.6 Å². The molecule has 1 aliphatic heterocycles. The monoisotopic (exact) mass is 351 g/mol. The second-order valence-corrected chi connectivity index (χ2v) is 6.44. The van der Waals surface area contributed by atoms with Crippen molar-refractivity contribution in [1.82, 2.24) is 14.8 Å². The van der Waals surface area contributed by atoms with Crippen LogP contribution >= 0.6 is 0 Å². The molecule has 1 saturated heterocycles. The Kier molecular flexibility index (Phi) is 4.58. The third kappa shape index (κ3) is 3.41. The number of benzene rings is 1. The van der Waals surface area contributed by atoms with Crippen LogP contribution in [0.3, 0.4) is 0 Å². The van der Waals surface area contributed by atoms with Gasteiger partial charge < -0.3 is 13.7 Å². The Labute approximate surface area is 152 Å². The Morgan fingerprint density at radius 3 is 2.54 bits per heavy atom. The van der Waals surface area contributed by atoms with Crippen LogP contribution in [0.2, 0.25) is 0 Å². The molecule has 6 nitrogen and oxygen atoms in total. The van der Waals surface area contributed by atoms with Crippen molar-refractivity contribution in [1.29, 1.82) is 0 Å². The lowest BCUT2D eigenvalue weighted by molar-refractivity contribution is 0.0590. The van der Waals surface area contributed by atoms with Gasteiger partial charge in [-0.1, -0.05) is 18.2 Å². The molecule has 4 rings (SSSR count).